The molecule has 3 aromatic rings. The van der Waals surface area contributed by atoms with Crippen LogP contribution in [0.5, 0.6) is 0 Å². The Morgan fingerprint density at radius 2 is 2.17 bits per heavy atom. The second-order valence-corrected chi connectivity index (χ2v) is 6.29. The number of anilines is 1. The SMILES string of the molecule is Cc1cc(C(=O)O)ccc1-c1cnc2ccc(NCC3CC3)nn12. The first kappa shape index (κ1) is 14.7. The van der Waals surface area contributed by atoms with E-state index in [1.807, 2.05) is 25.1 Å². The number of imidazole rings is 1. The van der Waals surface area contributed by atoms with Crippen LogP contribution in [0.2, 0.25) is 0 Å². The largest absolute Gasteiger partial charge is 0.478 e. The van der Waals surface area contributed by atoms with E-state index in [2.05, 4.69) is 15.4 Å². The number of benzene rings is 1. The number of hydrogen-bond acceptors (Lipinski definition) is 4. The van der Waals surface area contributed by atoms with Crippen LogP contribution in [0.15, 0.2) is 36.5 Å². The molecule has 1 aliphatic rings. The molecule has 0 bridgehead atoms. The van der Waals surface area contributed by atoms with Crippen LogP contribution >= 0.6 is 0 Å². The Balaban J connectivity index is 1.72. The maximum Gasteiger partial charge on any atom is 0.335 e. The molecule has 0 saturated heterocycles. The Kier molecular flexibility index (Phi) is 3.45. The third kappa shape index (κ3) is 2.71. The molecule has 6 nitrogen and oxygen atoms in total. The van der Waals surface area contributed by atoms with Gasteiger partial charge in [0.2, 0.25) is 0 Å². The molecule has 1 aliphatic carbocycles. The van der Waals surface area contributed by atoms with Crippen molar-refractivity contribution in [1.82, 2.24) is 14.6 Å². The molecular weight excluding hydrogens is 304 g/mol. The highest BCUT2D eigenvalue weighted by atomic mass is 16.4. The number of carbonyl (C=O) groups is 1. The fourth-order valence-corrected chi connectivity index (χ4v) is 2.81. The van der Waals surface area contributed by atoms with Crippen LogP contribution in [0.1, 0.15) is 28.8 Å². The zero-order valence-electron chi connectivity index (χ0n) is 13.4. The van der Waals surface area contributed by atoms with Crippen molar-refractivity contribution in [2.24, 2.45) is 5.92 Å². The number of rotatable bonds is 5. The second-order valence-electron chi connectivity index (χ2n) is 6.29. The van der Waals surface area contributed by atoms with Crippen LogP contribution in [-0.4, -0.2) is 32.2 Å². The number of nitrogens with zero attached hydrogens (tertiary/aromatic N) is 3. The Bertz CT molecular complexity index is 928. The van der Waals surface area contributed by atoms with Gasteiger partial charge in [-0.15, -0.1) is 5.10 Å². The first-order valence-corrected chi connectivity index (χ1v) is 8.05. The van der Waals surface area contributed by atoms with Gasteiger partial charge in [0.15, 0.2) is 5.65 Å². The van der Waals surface area contributed by atoms with E-state index in [1.165, 1.54) is 12.8 Å². The van der Waals surface area contributed by atoms with Crippen LogP contribution in [0.3, 0.4) is 0 Å². The van der Waals surface area contributed by atoms with Gasteiger partial charge in [0.25, 0.3) is 0 Å². The van der Waals surface area contributed by atoms with E-state index in [9.17, 15) is 4.79 Å². The van der Waals surface area contributed by atoms with Crippen molar-refractivity contribution in [3.05, 3.63) is 47.7 Å². The Morgan fingerprint density at radius 3 is 2.88 bits per heavy atom. The van der Waals surface area contributed by atoms with Crippen LogP contribution in [0.4, 0.5) is 5.82 Å². The van der Waals surface area contributed by atoms with Gasteiger partial charge in [-0.05, 0) is 55.5 Å². The molecule has 0 spiro atoms. The summed E-state index contributed by atoms with van der Waals surface area (Å²) in [5, 5.41) is 17.1. The summed E-state index contributed by atoms with van der Waals surface area (Å²) in [5.74, 6) is 0.677. The van der Waals surface area contributed by atoms with Gasteiger partial charge < -0.3 is 10.4 Å². The minimum atomic E-state index is -0.924. The molecular formula is C18H18N4O2. The van der Waals surface area contributed by atoms with E-state index in [4.69, 9.17) is 5.11 Å². The number of nitrogens with one attached hydrogen (secondary N) is 1. The topological polar surface area (TPSA) is 79.5 Å². The van der Waals surface area contributed by atoms with Gasteiger partial charge >= 0.3 is 5.97 Å². The average molecular weight is 322 g/mol. The molecule has 2 N–H and O–H groups in total. The van der Waals surface area contributed by atoms with Crippen molar-refractivity contribution in [2.45, 2.75) is 19.8 Å². The summed E-state index contributed by atoms with van der Waals surface area (Å²) >= 11 is 0. The van der Waals surface area contributed by atoms with Crippen LogP contribution in [-0.2, 0) is 0 Å². The van der Waals surface area contributed by atoms with Crippen LogP contribution in [0.25, 0.3) is 16.9 Å². The smallest absolute Gasteiger partial charge is 0.335 e. The van der Waals surface area contributed by atoms with Gasteiger partial charge in [-0.25, -0.2) is 14.3 Å². The van der Waals surface area contributed by atoms with E-state index in [1.54, 1.807) is 22.8 Å². The number of aromatic nitrogens is 3. The summed E-state index contributed by atoms with van der Waals surface area (Å²) in [5.41, 5.74) is 3.72. The average Bonchev–Trinajstić information content (AvgIpc) is 3.31. The van der Waals surface area contributed by atoms with Gasteiger partial charge in [0, 0.05) is 12.1 Å². The molecule has 4 rings (SSSR count). The molecule has 0 aliphatic heterocycles. The molecule has 6 heteroatoms. The van der Waals surface area contributed by atoms with Crippen molar-refractivity contribution in [1.29, 1.82) is 0 Å². The first-order valence-electron chi connectivity index (χ1n) is 8.05. The predicted octanol–water partition coefficient (Wildman–Crippen LogP) is 3.22. The molecule has 122 valence electrons. The van der Waals surface area contributed by atoms with Crippen molar-refractivity contribution in [3.8, 4) is 11.3 Å². The number of aromatic carboxylic acids is 1. The van der Waals surface area contributed by atoms with Gasteiger partial charge in [0.05, 0.1) is 17.5 Å². The van der Waals surface area contributed by atoms with E-state index in [0.29, 0.717) is 0 Å². The van der Waals surface area contributed by atoms with Crippen LogP contribution in [0, 0.1) is 12.8 Å². The summed E-state index contributed by atoms with van der Waals surface area (Å²) in [6, 6.07) is 8.97. The molecule has 2 aromatic heterocycles. The zero-order chi connectivity index (χ0) is 16.7. The molecule has 0 radical (unpaired) electrons. The first-order chi connectivity index (χ1) is 11.6. The summed E-state index contributed by atoms with van der Waals surface area (Å²) in [6.45, 7) is 2.85. The highest BCUT2D eigenvalue weighted by Crippen LogP contribution is 2.29. The molecule has 0 atom stereocenters. The van der Waals surface area contributed by atoms with Gasteiger partial charge in [-0.3, -0.25) is 0 Å². The summed E-state index contributed by atoms with van der Waals surface area (Å²) in [4.78, 5) is 15.5. The van der Waals surface area contributed by atoms with Crippen molar-refractivity contribution in [2.75, 3.05) is 11.9 Å². The van der Waals surface area contributed by atoms with Crippen molar-refractivity contribution >= 4 is 17.4 Å². The quantitative estimate of drug-likeness (QED) is 0.754. The summed E-state index contributed by atoms with van der Waals surface area (Å²) in [7, 11) is 0. The zero-order valence-corrected chi connectivity index (χ0v) is 13.4. The molecule has 24 heavy (non-hydrogen) atoms. The normalized spacial score (nSPS) is 14.0. The van der Waals surface area contributed by atoms with E-state index < -0.39 is 5.97 Å². The fraction of sp³-hybridized carbons (Fsp3) is 0.278. The third-order valence-corrected chi connectivity index (χ3v) is 4.38. The molecule has 0 unspecified atom stereocenters. The lowest BCUT2D eigenvalue weighted by molar-refractivity contribution is 0.0697. The second kappa shape index (κ2) is 5.63. The summed E-state index contributed by atoms with van der Waals surface area (Å²) in [6.07, 6.45) is 4.36. The molecule has 0 amide bonds. The summed E-state index contributed by atoms with van der Waals surface area (Å²) < 4.78 is 1.80. The van der Waals surface area contributed by atoms with E-state index >= 15 is 0 Å². The molecule has 2 heterocycles. The number of fused-ring (bicyclic) bond motifs is 1. The van der Waals surface area contributed by atoms with Crippen LogP contribution < -0.4 is 5.32 Å². The highest BCUT2D eigenvalue weighted by Gasteiger charge is 2.21. The van der Waals surface area contributed by atoms with Crippen molar-refractivity contribution < 1.29 is 9.90 Å². The lowest BCUT2D eigenvalue weighted by Gasteiger charge is -2.08. The number of carboxylic acids is 1. The maximum atomic E-state index is 11.1. The third-order valence-electron chi connectivity index (χ3n) is 4.38. The molecule has 1 fully saturated rings. The Hall–Kier alpha value is -2.89. The Morgan fingerprint density at radius 1 is 1.33 bits per heavy atom. The molecule has 1 aromatic carbocycles. The van der Waals surface area contributed by atoms with Gasteiger partial charge in [-0.2, -0.15) is 0 Å². The number of carboxylic acid groups (broad SMARTS) is 1. The monoisotopic (exact) mass is 322 g/mol. The number of hydrogen-bond donors (Lipinski definition) is 2. The minimum Gasteiger partial charge on any atom is -0.478 e. The predicted molar refractivity (Wildman–Crippen MR) is 91.3 cm³/mol. The number of aryl methyl sites for hydroxylation is 1. The maximum absolute atomic E-state index is 11.1. The lowest BCUT2D eigenvalue weighted by Crippen LogP contribution is -2.07. The minimum absolute atomic E-state index is 0.282. The van der Waals surface area contributed by atoms with Gasteiger partial charge in [-0.1, -0.05) is 6.07 Å². The Labute approximate surface area is 139 Å². The van der Waals surface area contributed by atoms with E-state index in [-0.39, 0.29) is 5.56 Å². The van der Waals surface area contributed by atoms with Gasteiger partial charge in [0.1, 0.15) is 5.82 Å². The van der Waals surface area contributed by atoms with E-state index in [0.717, 1.165) is 40.7 Å². The highest BCUT2D eigenvalue weighted by molar-refractivity contribution is 5.89. The van der Waals surface area contributed by atoms with Crippen molar-refractivity contribution in [3.63, 3.8) is 0 Å². The lowest BCUT2D eigenvalue weighted by atomic mass is 10.0. The standard InChI is InChI=1S/C18H18N4O2/c1-11-8-13(18(23)24)4-5-14(11)15-10-20-17-7-6-16(21-22(15)17)19-9-12-2-3-12/h4-8,10,12H,2-3,9H2,1H3,(H,19,21)(H,23,24). The fourth-order valence-electron chi connectivity index (χ4n) is 2.81. The molecule has 1 saturated carbocycles.